The second-order valence-corrected chi connectivity index (χ2v) is 11.5. The number of nitrogens with zero attached hydrogens (tertiary/aromatic N) is 6. The van der Waals surface area contributed by atoms with Gasteiger partial charge in [0.05, 0.1) is 16.6 Å². The van der Waals surface area contributed by atoms with Crippen LogP contribution in [0.3, 0.4) is 0 Å². The van der Waals surface area contributed by atoms with Crippen molar-refractivity contribution in [3.8, 4) is 5.82 Å². The van der Waals surface area contributed by atoms with E-state index in [1.807, 2.05) is 37.0 Å². The molecule has 0 aromatic carbocycles. The number of alkyl halides is 2. The number of piperidine rings is 1. The molecule has 2 aliphatic rings. The van der Waals surface area contributed by atoms with Gasteiger partial charge in [0.1, 0.15) is 18.0 Å². The zero-order valence-electron chi connectivity index (χ0n) is 20.6. The monoisotopic (exact) mass is 544 g/mol. The number of fused-ring (bicyclic) bond motifs is 2. The van der Waals surface area contributed by atoms with Gasteiger partial charge in [-0.15, -0.1) is 11.3 Å². The highest BCUT2D eigenvalue weighted by Crippen LogP contribution is 2.52. The maximum atomic E-state index is 14.4. The van der Waals surface area contributed by atoms with Gasteiger partial charge in [-0.25, -0.2) is 14.6 Å². The minimum Gasteiger partial charge on any atom is -0.363 e. The third kappa shape index (κ3) is 4.50. The highest BCUT2D eigenvalue weighted by molar-refractivity contribution is 7.16. The lowest BCUT2D eigenvalue weighted by atomic mass is 9.84. The van der Waals surface area contributed by atoms with Crippen LogP contribution in [-0.4, -0.2) is 48.9 Å². The van der Waals surface area contributed by atoms with Crippen molar-refractivity contribution in [2.45, 2.75) is 51.3 Å². The van der Waals surface area contributed by atoms with Crippen LogP contribution in [0.15, 0.2) is 43.0 Å². The molecule has 0 N–H and O–H groups in total. The SMILES string of the molecule is Cc1nn(-c2ncccc2Cn2ccnc2C)cc1CN1CCC2(CC1)OCC(F)(F)c1cc(Cl)sc12. The van der Waals surface area contributed by atoms with Crippen LogP contribution in [-0.2, 0) is 29.3 Å². The van der Waals surface area contributed by atoms with Crippen molar-refractivity contribution in [2.24, 2.45) is 0 Å². The number of aromatic nitrogens is 5. The largest absolute Gasteiger partial charge is 0.363 e. The Morgan fingerprint density at radius 2 is 1.92 bits per heavy atom. The van der Waals surface area contributed by atoms with Crippen LogP contribution in [0.4, 0.5) is 8.78 Å². The summed E-state index contributed by atoms with van der Waals surface area (Å²) >= 11 is 7.37. The summed E-state index contributed by atoms with van der Waals surface area (Å²) in [5.41, 5.74) is 2.46. The van der Waals surface area contributed by atoms with Crippen molar-refractivity contribution >= 4 is 22.9 Å². The Balaban J connectivity index is 1.18. The molecule has 0 saturated carbocycles. The van der Waals surface area contributed by atoms with E-state index in [0.29, 0.717) is 28.6 Å². The first kappa shape index (κ1) is 24.7. The number of likely N-dealkylation sites (tertiary alicyclic amines) is 1. The quantitative estimate of drug-likeness (QED) is 0.334. The van der Waals surface area contributed by atoms with E-state index in [-0.39, 0.29) is 5.56 Å². The Morgan fingerprint density at radius 3 is 2.68 bits per heavy atom. The lowest BCUT2D eigenvalue weighted by Gasteiger charge is -2.45. The minimum absolute atomic E-state index is 0.0383. The van der Waals surface area contributed by atoms with Crippen LogP contribution in [0.25, 0.3) is 5.82 Å². The summed E-state index contributed by atoms with van der Waals surface area (Å²) in [6.45, 7) is 6.24. The summed E-state index contributed by atoms with van der Waals surface area (Å²) in [6.07, 6.45) is 8.87. The van der Waals surface area contributed by atoms with E-state index in [0.717, 1.165) is 48.1 Å². The maximum Gasteiger partial charge on any atom is 0.297 e. The van der Waals surface area contributed by atoms with Crippen molar-refractivity contribution in [3.63, 3.8) is 0 Å². The second-order valence-electron chi connectivity index (χ2n) is 9.83. The molecule has 11 heteroatoms. The molecule has 7 nitrogen and oxygen atoms in total. The van der Waals surface area contributed by atoms with Crippen LogP contribution in [0, 0.1) is 13.8 Å². The van der Waals surface area contributed by atoms with Gasteiger partial charge in [-0.2, -0.15) is 13.9 Å². The summed E-state index contributed by atoms with van der Waals surface area (Å²) in [6, 6.07) is 5.40. The molecule has 0 aliphatic carbocycles. The van der Waals surface area contributed by atoms with Crippen molar-refractivity contribution in [1.29, 1.82) is 0 Å². The Morgan fingerprint density at radius 1 is 1.11 bits per heavy atom. The number of hydrogen-bond acceptors (Lipinski definition) is 6. The molecule has 1 fully saturated rings. The molecule has 1 saturated heterocycles. The Labute approximate surface area is 222 Å². The molecule has 0 amide bonds. The van der Waals surface area contributed by atoms with E-state index in [4.69, 9.17) is 21.4 Å². The Kier molecular flexibility index (Phi) is 6.18. The van der Waals surface area contributed by atoms with E-state index >= 15 is 0 Å². The average molecular weight is 545 g/mol. The fourth-order valence-electron chi connectivity index (χ4n) is 5.30. The zero-order valence-corrected chi connectivity index (χ0v) is 22.2. The highest BCUT2D eigenvalue weighted by atomic mass is 35.5. The molecule has 37 heavy (non-hydrogen) atoms. The lowest BCUT2D eigenvalue weighted by molar-refractivity contribution is -0.182. The molecule has 4 aromatic heterocycles. The van der Waals surface area contributed by atoms with Gasteiger partial charge in [0, 0.05) is 66.0 Å². The molecule has 6 heterocycles. The number of hydrogen-bond donors (Lipinski definition) is 0. The molecule has 4 aromatic rings. The lowest BCUT2D eigenvalue weighted by Crippen LogP contribution is -2.48. The molecule has 2 aliphatic heterocycles. The number of imidazole rings is 1. The van der Waals surface area contributed by atoms with E-state index < -0.39 is 18.1 Å². The highest BCUT2D eigenvalue weighted by Gasteiger charge is 2.51. The molecule has 0 unspecified atom stereocenters. The topological polar surface area (TPSA) is 61.0 Å². The normalized spacial score (nSPS) is 18.8. The van der Waals surface area contributed by atoms with Gasteiger partial charge >= 0.3 is 0 Å². The zero-order chi connectivity index (χ0) is 25.8. The van der Waals surface area contributed by atoms with Gasteiger partial charge in [-0.3, -0.25) is 4.90 Å². The van der Waals surface area contributed by atoms with E-state index in [2.05, 4.69) is 25.5 Å². The molecule has 0 radical (unpaired) electrons. The number of halogens is 3. The summed E-state index contributed by atoms with van der Waals surface area (Å²) < 4.78 is 39.1. The van der Waals surface area contributed by atoms with Crippen LogP contribution < -0.4 is 0 Å². The second kappa shape index (κ2) is 9.27. The first-order chi connectivity index (χ1) is 17.7. The molecule has 194 valence electrons. The van der Waals surface area contributed by atoms with Crippen LogP contribution in [0.5, 0.6) is 0 Å². The summed E-state index contributed by atoms with van der Waals surface area (Å²) in [5.74, 6) is -1.26. The van der Waals surface area contributed by atoms with E-state index in [1.165, 1.54) is 17.4 Å². The van der Waals surface area contributed by atoms with E-state index in [1.54, 1.807) is 12.4 Å². The standard InChI is InChI=1S/C26H27ClF2N6OS/c1-17-20(15-35(32-17)24-19(4-3-7-31-24)14-34-11-8-30-18(34)2)13-33-9-5-25(6-10-33)23-21(12-22(27)37-23)26(28,29)16-36-25/h3-4,7-8,11-12,15H,5-6,9-10,13-14,16H2,1-2H3. The van der Waals surface area contributed by atoms with Gasteiger partial charge in [-0.05, 0) is 38.8 Å². The fraction of sp³-hybridized carbons (Fsp3) is 0.423. The maximum absolute atomic E-state index is 14.4. The predicted octanol–water partition coefficient (Wildman–Crippen LogP) is 5.46. The number of rotatable bonds is 5. The Hall–Kier alpha value is -2.66. The molecular formula is C26H27ClF2N6OS. The first-order valence-electron chi connectivity index (χ1n) is 12.3. The molecule has 1 spiro atoms. The van der Waals surface area contributed by atoms with Crippen molar-refractivity contribution in [1.82, 2.24) is 29.2 Å². The van der Waals surface area contributed by atoms with Gasteiger partial charge in [0.25, 0.3) is 5.92 Å². The third-order valence-electron chi connectivity index (χ3n) is 7.45. The average Bonchev–Trinajstić information content (AvgIpc) is 3.58. The summed E-state index contributed by atoms with van der Waals surface area (Å²) in [7, 11) is 0. The van der Waals surface area contributed by atoms with Gasteiger partial charge in [0.15, 0.2) is 5.82 Å². The number of pyridine rings is 1. The number of thiophene rings is 1. The van der Waals surface area contributed by atoms with Gasteiger partial charge < -0.3 is 9.30 Å². The van der Waals surface area contributed by atoms with Crippen LogP contribution >= 0.6 is 22.9 Å². The molecular weight excluding hydrogens is 518 g/mol. The molecule has 0 bridgehead atoms. The van der Waals surface area contributed by atoms with Crippen molar-refractivity contribution in [2.75, 3.05) is 19.7 Å². The smallest absolute Gasteiger partial charge is 0.297 e. The fourth-order valence-corrected chi connectivity index (χ4v) is 6.78. The van der Waals surface area contributed by atoms with Gasteiger partial charge in [0.2, 0.25) is 0 Å². The predicted molar refractivity (Wildman–Crippen MR) is 138 cm³/mol. The number of ether oxygens (including phenoxy) is 1. The Bertz CT molecular complexity index is 1440. The summed E-state index contributed by atoms with van der Waals surface area (Å²) in [4.78, 5) is 11.9. The van der Waals surface area contributed by atoms with E-state index in [9.17, 15) is 8.78 Å². The number of aryl methyl sites for hydroxylation is 2. The minimum atomic E-state index is -2.99. The molecule has 6 rings (SSSR count). The molecule has 0 atom stereocenters. The van der Waals surface area contributed by atoms with Gasteiger partial charge in [-0.1, -0.05) is 17.7 Å². The first-order valence-corrected chi connectivity index (χ1v) is 13.5. The van der Waals surface area contributed by atoms with Crippen LogP contribution in [0.1, 0.15) is 45.9 Å². The van der Waals surface area contributed by atoms with Crippen LogP contribution in [0.2, 0.25) is 4.34 Å². The third-order valence-corrected chi connectivity index (χ3v) is 8.90. The summed E-state index contributed by atoms with van der Waals surface area (Å²) in [5, 5.41) is 4.77. The van der Waals surface area contributed by atoms with Crippen molar-refractivity contribution < 1.29 is 13.5 Å². The van der Waals surface area contributed by atoms with Crippen molar-refractivity contribution in [3.05, 3.63) is 80.4 Å².